The van der Waals surface area contributed by atoms with E-state index in [4.69, 9.17) is 4.74 Å². The largest absolute Gasteiger partial charge is 0.378 e. The average molecular weight is 267 g/mol. The number of hydrogen-bond donors (Lipinski definition) is 1. The normalized spacial score (nSPS) is 22.1. The van der Waals surface area contributed by atoms with Crippen LogP contribution in [-0.4, -0.2) is 19.8 Å². The van der Waals surface area contributed by atoms with Crippen molar-refractivity contribution in [2.75, 3.05) is 13.7 Å². The van der Waals surface area contributed by atoms with Crippen molar-refractivity contribution in [1.82, 2.24) is 5.32 Å². The highest BCUT2D eigenvalue weighted by atomic mass is 32.1. The van der Waals surface area contributed by atoms with Gasteiger partial charge in [-0.05, 0) is 64.6 Å². The number of rotatable bonds is 5. The molecule has 0 spiro atoms. The van der Waals surface area contributed by atoms with Crippen molar-refractivity contribution in [2.24, 2.45) is 0 Å². The van der Waals surface area contributed by atoms with Crippen molar-refractivity contribution in [3.05, 3.63) is 21.4 Å². The van der Waals surface area contributed by atoms with Crippen molar-refractivity contribution in [2.45, 2.75) is 58.1 Å². The molecule has 102 valence electrons. The lowest BCUT2D eigenvalue weighted by molar-refractivity contribution is 0.00870. The molecule has 18 heavy (non-hydrogen) atoms. The SMILES string of the molecule is CNC(CCC1CCCCO1)c1sc(C)cc1C. The maximum absolute atomic E-state index is 5.82. The second-order valence-electron chi connectivity index (χ2n) is 5.31. The molecule has 1 aliphatic rings. The molecular formula is C15H25NOS. The maximum atomic E-state index is 5.82. The molecule has 0 aliphatic carbocycles. The third-order valence-electron chi connectivity index (χ3n) is 3.80. The highest BCUT2D eigenvalue weighted by molar-refractivity contribution is 7.12. The van der Waals surface area contributed by atoms with Gasteiger partial charge in [0.1, 0.15) is 0 Å². The van der Waals surface area contributed by atoms with Crippen LogP contribution in [0, 0.1) is 13.8 Å². The minimum absolute atomic E-state index is 0.495. The predicted molar refractivity (Wildman–Crippen MR) is 78.4 cm³/mol. The summed E-state index contributed by atoms with van der Waals surface area (Å²) in [6.07, 6.45) is 6.69. The monoisotopic (exact) mass is 267 g/mol. The third-order valence-corrected chi connectivity index (χ3v) is 5.06. The molecular weight excluding hydrogens is 242 g/mol. The van der Waals surface area contributed by atoms with E-state index in [1.807, 2.05) is 11.3 Å². The Bertz CT molecular complexity index is 369. The Labute approximate surface area is 115 Å². The molecule has 2 nitrogen and oxygen atoms in total. The summed E-state index contributed by atoms with van der Waals surface area (Å²) in [5.41, 5.74) is 1.43. The van der Waals surface area contributed by atoms with E-state index in [1.54, 1.807) is 0 Å². The van der Waals surface area contributed by atoms with Crippen molar-refractivity contribution in [1.29, 1.82) is 0 Å². The van der Waals surface area contributed by atoms with E-state index in [0.29, 0.717) is 12.1 Å². The molecule has 0 amide bonds. The number of hydrogen-bond acceptors (Lipinski definition) is 3. The molecule has 1 N–H and O–H groups in total. The van der Waals surface area contributed by atoms with Crippen LogP contribution in [0.15, 0.2) is 6.07 Å². The minimum atomic E-state index is 0.495. The standard InChI is InChI=1S/C15H25NOS/c1-11-10-12(2)18-15(11)14(16-3)8-7-13-6-4-5-9-17-13/h10,13-14,16H,4-9H2,1-3H3. The second kappa shape index (κ2) is 6.69. The molecule has 2 unspecified atom stereocenters. The zero-order chi connectivity index (χ0) is 13.0. The second-order valence-corrected chi connectivity index (χ2v) is 6.60. The summed E-state index contributed by atoms with van der Waals surface area (Å²) in [7, 11) is 2.07. The van der Waals surface area contributed by atoms with E-state index >= 15 is 0 Å². The van der Waals surface area contributed by atoms with E-state index < -0.39 is 0 Å². The fraction of sp³-hybridized carbons (Fsp3) is 0.733. The van der Waals surface area contributed by atoms with Gasteiger partial charge in [0.05, 0.1) is 6.10 Å². The molecule has 0 saturated carbocycles. The van der Waals surface area contributed by atoms with Gasteiger partial charge in [0.15, 0.2) is 0 Å². The molecule has 2 rings (SSSR count). The van der Waals surface area contributed by atoms with Gasteiger partial charge >= 0.3 is 0 Å². The van der Waals surface area contributed by atoms with Crippen LogP contribution >= 0.6 is 11.3 Å². The fourth-order valence-electron chi connectivity index (χ4n) is 2.80. The van der Waals surface area contributed by atoms with Gasteiger partial charge in [0.25, 0.3) is 0 Å². The molecule has 1 aromatic rings. The van der Waals surface area contributed by atoms with Crippen molar-refractivity contribution >= 4 is 11.3 Å². The molecule has 0 bridgehead atoms. The van der Waals surface area contributed by atoms with Gasteiger partial charge in [0, 0.05) is 22.4 Å². The molecule has 1 aliphatic heterocycles. The molecule has 1 aromatic heterocycles. The van der Waals surface area contributed by atoms with Gasteiger partial charge in [-0.3, -0.25) is 0 Å². The highest BCUT2D eigenvalue weighted by Crippen LogP contribution is 2.31. The topological polar surface area (TPSA) is 21.3 Å². The molecule has 2 heterocycles. The van der Waals surface area contributed by atoms with Crippen LogP contribution in [0.3, 0.4) is 0 Å². The van der Waals surface area contributed by atoms with Crippen LogP contribution in [0.25, 0.3) is 0 Å². The van der Waals surface area contributed by atoms with Crippen molar-refractivity contribution < 1.29 is 4.74 Å². The Morgan fingerprint density at radius 3 is 2.83 bits per heavy atom. The summed E-state index contributed by atoms with van der Waals surface area (Å²) in [6.45, 7) is 5.38. The van der Waals surface area contributed by atoms with Gasteiger partial charge in [-0.1, -0.05) is 0 Å². The quantitative estimate of drug-likeness (QED) is 0.871. The molecule has 0 aromatic carbocycles. The fourth-order valence-corrected chi connectivity index (χ4v) is 3.98. The van der Waals surface area contributed by atoms with Crippen LogP contribution in [0.2, 0.25) is 0 Å². The number of nitrogens with one attached hydrogen (secondary N) is 1. The van der Waals surface area contributed by atoms with Gasteiger partial charge in [-0.15, -0.1) is 11.3 Å². The first-order valence-corrected chi connectivity index (χ1v) is 7.88. The Morgan fingerprint density at radius 2 is 2.28 bits per heavy atom. The van der Waals surface area contributed by atoms with Gasteiger partial charge < -0.3 is 10.1 Å². The first-order valence-electron chi connectivity index (χ1n) is 7.06. The summed E-state index contributed by atoms with van der Waals surface area (Å²) in [5, 5.41) is 3.47. The van der Waals surface area contributed by atoms with E-state index in [-0.39, 0.29) is 0 Å². The molecule has 1 fully saturated rings. The summed E-state index contributed by atoms with van der Waals surface area (Å²) in [5.74, 6) is 0. The van der Waals surface area contributed by atoms with E-state index in [0.717, 1.165) is 6.61 Å². The summed E-state index contributed by atoms with van der Waals surface area (Å²) < 4.78 is 5.82. The first kappa shape index (κ1) is 14.0. The number of thiophene rings is 1. The molecule has 2 atom stereocenters. The van der Waals surface area contributed by atoms with Crippen LogP contribution in [0.1, 0.15) is 53.5 Å². The number of aryl methyl sites for hydroxylation is 2. The third kappa shape index (κ3) is 3.56. The summed E-state index contributed by atoms with van der Waals surface area (Å²) in [4.78, 5) is 2.92. The van der Waals surface area contributed by atoms with Crippen molar-refractivity contribution in [3.8, 4) is 0 Å². The summed E-state index contributed by atoms with van der Waals surface area (Å²) >= 11 is 1.93. The first-order chi connectivity index (χ1) is 8.70. The Hall–Kier alpha value is -0.380. The minimum Gasteiger partial charge on any atom is -0.378 e. The predicted octanol–water partition coefficient (Wildman–Crippen LogP) is 3.97. The Morgan fingerprint density at radius 1 is 1.44 bits per heavy atom. The zero-order valence-corrected chi connectivity index (χ0v) is 12.6. The average Bonchev–Trinajstić information content (AvgIpc) is 2.71. The van der Waals surface area contributed by atoms with Crippen molar-refractivity contribution in [3.63, 3.8) is 0 Å². The Kier molecular flexibility index (Phi) is 5.22. The van der Waals surface area contributed by atoms with Crippen LogP contribution in [0.5, 0.6) is 0 Å². The van der Waals surface area contributed by atoms with Crippen LogP contribution in [0.4, 0.5) is 0 Å². The lowest BCUT2D eigenvalue weighted by Crippen LogP contribution is -2.22. The smallest absolute Gasteiger partial charge is 0.0575 e. The van der Waals surface area contributed by atoms with Gasteiger partial charge in [-0.25, -0.2) is 0 Å². The van der Waals surface area contributed by atoms with Gasteiger partial charge in [0.2, 0.25) is 0 Å². The highest BCUT2D eigenvalue weighted by Gasteiger charge is 2.19. The van der Waals surface area contributed by atoms with E-state index in [1.165, 1.54) is 47.4 Å². The molecule has 0 radical (unpaired) electrons. The molecule has 3 heteroatoms. The van der Waals surface area contributed by atoms with Gasteiger partial charge in [-0.2, -0.15) is 0 Å². The lowest BCUT2D eigenvalue weighted by atomic mass is 10.00. The lowest BCUT2D eigenvalue weighted by Gasteiger charge is -2.24. The zero-order valence-electron chi connectivity index (χ0n) is 11.8. The summed E-state index contributed by atoms with van der Waals surface area (Å²) in [6, 6.07) is 2.79. The van der Waals surface area contributed by atoms with Crippen LogP contribution in [-0.2, 0) is 4.74 Å². The molecule has 1 saturated heterocycles. The Balaban J connectivity index is 1.90. The number of ether oxygens (including phenoxy) is 1. The maximum Gasteiger partial charge on any atom is 0.0575 e. The van der Waals surface area contributed by atoms with E-state index in [2.05, 4.69) is 32.3 Å². The van der Waals surface area contributed by atoms with E-state index in [9.17, 15) is 0 Å². The van der Waals surface area contributed by atoms with Crippen LogP contribution < -0.4 is 5.32 Å².